The Morgan fingerprint density at radius 1 is 0.806 bits per heavy atom. The molecule has 0 aromatic heterocycles. The minimum Gasteiger partial charge on any atom is -0.444 e. The molecule has 0 saturated heterocycles. The van der Waals surface area contributed by atoms with Crippen LogP contribution in [0.4, 0.5) is 0 Å². The van der Waals surface area contributed by atoms with E-state index in [1.54, 1.807) is 0 Å². The lowest BCUT2D eigenvalue weighted by Gasteiger charge is -2.47. The third-order valence-electron chi connectivity index (χ3n) is 5.98. The van der Waals surface area contributed by atoms with Crippen LogP contribution in [0.5, 0.6) is 5.75 Å². The summed E-state index contributed by atoms with van der Waals surface area (Å²) < 4.78 is 11.5. The van der Waals surface area contributed by atoms with Gasteiger partial charge in [0.15, 0.2) is 0 Å². The van der Waals surface area contributed by atoms with Crippen LogP contribution in [0.3, 0.4) is 0 Å². The number of hydrogen-bond acceptors (Lipinski definition) is 3. The number of rotatable bonds is 4. The summed E-state index contributed by atoms with van der Waals surface area (Å²) in [6, 6.07) is 34.9. The maximum absolute atomic E-state index is 6.73. The molecule has 1 heterocycles. The molecule has 0 amide bonds. The first-order valence-corrected chi connectivity index (χ1v) is 11.9. The molecule has 1 unspecified atom stereocenters. The van der Waals surface area contributed by atoms with Crippen molar-refractivity contribution in [2.24, 2.45) is 0 Å². The van der Waals surface area contributed by atoms with Gasteiger partial charge in [0.05, 0.1) is 6.04 Å². The molecule has 0 aliphatic carbocycles. The maximum atomic E-state index is 6.73. The highest BCUT2D eigenvalue weighted by molar-refractivity contribution is 7.47. The molecule has 5 rings (SSSR count). The largest absolute Gasteiger partial charge is 0.444 e. The van der Waals surface area contributed by atoms with Crippen LogP contribution in [0.25, 0.3) is 10.8 Å². The molecule has 0 N–H and O–H groups in total. The van der Waals surface area contributed by atoms with Crippen LogP contribution in [0, 0.1) is 0 Å². The van der Waals surface area contributed by atoms with Gasteiger partial charge in [-0.1, -0.05) is 91.0 Å². The molecule has 3 atom stereocenters. The van der Waals surface area contributed by atoms with Crippen LogP contribution in [0.15, 0.2) is 97.1 Å². The van der Waals surface area contributed by atoms with E-state index in [1.807, 2.05) is 0 Å². The Morgan fingerprint density at radius 2 is 1.45 bits per heavy atom. The molecule has 1 aliphatic heterocycles. The van der Waals surface area contributed by atoms with Crippen molar-refractivity contribution in [3.8, 4) is 5.75 Å². The third kappa shape index (κ3) is 3.64. The molecule has 0 saturated carbocycles. The lowest BCUT2D eigenvalue weighted by Crippen LogP contribution is -2.36. The number of fused-ring (bicyclic) bond motifs is 3. The normalized spacial score (nSPS) is 19.7. The van der Waals surface area contributed by atoms with Gasteiger partial charge >= 0.3 is 0 Å². The third-order valence-corrected chi connectivity index (χ3v) is 8.00. The van der Waals surface area contributed by atoms with Gasteiger partial charge in [-0.2, -0.15) is 0 Å². The van der Waals surface area contributed by atoms with E-state index in [-0.39, 0.29) is 12.1 Å². The van der Waals surface area contributed by atoms with E-state index in [0.717, 1.165) is 5.75 Å². The van der Waals surface area contributed by atoms with Crippen LogP contribution < -0.4 is 4.52 Å². The molecule has 3 nitrogen and oxygen atoms in total. The van der Waals surface area contributed by atoms with Gasteiger partial charge in [0.25, 0.3) is 0 Å². The van der Waals surface area contributed by atoms with Crippen molar-refractivity contribution in [3.63, 3.8) is 0 Å². The SMILES string of the molecule is C[C@H](c1ccccc1)N1[C@H](c2ccccc2)c2c(ccc3ccccc23)OP1N(C)C. The first-order valence-electron chi connectivity index (χ1n) is 10.7. The van der Waals surface area contributed by atoms with Gasteiger partial charge in [-0.3, -0.25) is 0 Å². The standard InChI is InChI=1S/C27H27N2OP/c1-20(21-12-6-4-7-13-21)29-27(23-15-8-5-9-16-23)26-24-17-11-10-14-22(24)18-19-25(26)30-31(29)28(2)3/h4-20,27H,1-3H3/t20-,27-,31?/m1/s1. The molecule has 31 heavy (non-hydrogen) atoms. The van der Waals surface area contributed by atoms with Crippen LogP contribution >= 0.6 is 8.45 Å². The Balaban J connectivity index is 1.78. The van der Waals surface area contributed by atoms with E-state index >= 15 is 0 Å². The van der Waals surface area contributed by atoms with Crippen molar-refractivity contribution in [2.45, 2.75) is 19.0 Å². The van der Waals surface area contributed by atoms with Gasteiger partial charge < -0.3 is 4.52 Å². The van der Waals surface area contributed by atoms with Crippen LogP contribution in [-0.4, -0.2) is 23.4 Å². The van der Waals surface area contributed by atoms with Gasteiger partial charge in [0.2, 0.25) is 8.45 Å². The van der Waals surface area contributed by atoms with E-state index in [1.165, 1.54) is 27.5 Å². The monoisotopic (exact) mass is 426 g/mol. The van der Waals surface area contributed by atoms with Gasteiger partial charge in [-0.25, -0.2) is 9.34 Å². The topological polar surface area (TPSA) is 15.7 Å². The highest BCUT2D eigenvalue weighted by Crippen LogP contribution is 2.61. The zero-order chi connectivity index (χ0) is 21.4. The van der Waals surface area contributed by atoms with Gasteiger partial charge in [-0.05, 0) is 49.0 Å². The first-order chi connectivity index (χ1) is 15.1. The summed E-state index contributed by atoms with van der Waals surface area (Å²) >= 11 is 0. The Morgan fingerprint density at radius 3 is 2.16 bits per heavy atom. The van der Waals surface area contributed by atoms with Crippen LogP contribution in [-0.2, 0) is 0 Å². The maximum Gasteiger partial charge on any atom is 0.249 e. The molecule has 4 aromatic rings. The van der Waals surface area contributed by atoms with Crippen molar-refractivity contribution in [3.05, 3.63) is 114 Å². The van der Waals surface area contributed by atoms with Crippen molar-refractivity contribution >= 4 is 19.2 Å². The fraction of sp³-hybridized carbons (Fsp3) is 0.185. The molecule has 0 fully saturated rings. The van der Waals surface area contributed by atoms with Gasteiger partial charge in [-0.15, -0.1) is 0 Å². The minimum atomic E-state index is -0.995. The molecular weight excluding hydrogens is 399 g/mol. The van der Waals surface area contributed by atoms with Gasteiger partial charge in [0, 0.05) is 11.6 Å². The summed E-state index contributed by atoms with van der Waals surface area (Å²) in [6.07, 6.45) is 0. The summed E-state index contributed by atoms with van der Waals surface area (Å²) in [5.41, 5.74) is 3.85. The molecule has 156 valence electrons. The van der Waals surface area contributed by atoms with Crippen LogP contribution in [0.2, 0.25) is 0 Å². The molecule has 4 aromatic carbocycles. The second kappa shape index (κ2) is 8.43. The second-order valence-electron chi connectivity index (χ2n) is 8.17. The number of benzene rings is 4. The van der Waals surface area contributed by atoms with Gasteiger partial charge in [0.1, 0.15) is 5.75 Å². The van der Waals surface area contributed by atoms with Crippen LogP contribution in [0.1, 0.15) is 35.7 Å². The average molecular weight is 427 g/mol. The fourth-order valence-corrected chi connectivity index (χ4v) is 6.38. The van der Waals surface area contributed by atoms with Crippen molar-refractivity contribution in [1.82, 2.24) is 9.34 Å². The molecule has 0 spiro atoms. The molecular formula is C27H27N2OP. The van der Waals surface area contributed by atoms with E-state index in [4.69, 9.17) is 4.52 Å². The van der Waals surface area contributed by atoms with E-state index < -0.39 is 8.45 Å². The summed E-state index contributed by atoms with van der Waals surface area (Å²) in [5, 5.41) is 2.50. The summed E-state index contributed by atoms with van der Waals surface area (Å²) in [5.74, 6) is 0.990. The van der Waals surface area contributed by atoms with Crippen molar-refractivity contribution in [1.29, 1.82) is 0 Å². The number of hydrogen-bond donors (Lipinski definition) is 0. The molecule has 0 radical (unpaired) electrons. The summed E-state index contributed by atoms with van der Waals surface area (Å²) in [4.78, 5) is 0. The molecule has 4 heteroatoms. The Labute approximate surface area is 185 Å². The Bertz CT molecular complexity index is 1180. The zero-order valence-corrected chi connectivity index (χ0v) is 19.0. The second-order valence-corrected chi connectivity index (χ2v) is 10.1. The quantitative estimate of drug-likeness (QED) is 0.322. The van der Waals surface area contributed by atoms with E-state index in [0.29, 0.717) is 0 Å². The highest BCUT2D eigenvalue weighted by atomic mass is 31.2. The fourth-order valence-electron chi connectivity index (χ4n) is 4.50. The van der Waals surface area contributed by atoms with E-state index in [9.17, 15) is 0 Å². The highest BCUT2D eigenvalue weighted by Gasteiger charge is 2.43. The number of nitrogens with zero attached hydrogens (tertiary/aromatic N) is 2. The van der Waals surface area contributed by atoms with Crippen molar-refractivity contribution in [2.75, 3.05) is 14.1 Å². The Hall–Kier alpha value is -2.71. The Kier molecular flexibility index (Phi) is 5.50. The lowest BCUT2D eigenvalue weighted by molar-refractivity contribution is 0.252. The minimum absolute atomic E-state index is 0.0970. The van der Waals surface area contributed by atoms with E-state index in [2.05, 4.69) is 127 Å². The smallest absolute Gasteiger partial charge is 0.249 e. The predicted molar refractivity (Wildman–Crippen MR) is 130 cm³/mol. The molecule has 0 bridgehead atoms. The average Bonchev–Trinajstić information content (AvgIpc) is 2.83. The van der Waals surface area contributed by atoms with Crippen molar-refractivity contribution < 1.29 is 4.52 Å². The zero-order valence-electron chi connectivity index (χ0n) is 18.1. The lowest BCUT2D eigenvalue weighted by atomic mass is 9.91. The summed E-state index contributed by atoms with van der Waals surface area (Å²) in [6.45, 7) is 2.30. The first kappa shape index (κ1) is 20.2. The summed E-state index contributed by atoms with van der Waals surface area (Å²) in [7, 11) is 3.24. The molecule has 1 aliphatic rings. The predicted octanol–water partition coefficient (Wildman–Crippen LogP) is 7.17.